The summed E-state index contributed by atoms with van der Waals surface area (Å²) in [5.74, 6) is 0.159. The van der Waals surface area contributed by atoms with E-state index in [9.17, 15) is 0 Å². The third-order valence-electron chi connectivity index (χ3n) is 2.15. The molecule has 2 aromatic rings. The zero-order valence-electron chi connectivity index (χ0n) is 8.31. The van der Waals surface area contributed by atoms with Gasteiger partial charge in [-0.25, -0.2) is 0 Å². The lowest BCUT2D eigenvalue weighted by Gasteiger charge is -1.87. The number of hydrogen-bond acceptors (Lipinski definition) is 4. The van der Waals surface area contributed by atoms with Crippen molar-refractivity contribution in [2.75, 3.05) is 13.2 Å². The molecule has 2 heterocycles. The van der Waals surface area contributed by atoms with Crippen molar-refractivity contribution in [3.05, 3.63) is 18.2 Å². The zero-order valence-corrected chi connectivity index (χ0v) is 8.31. The number of nitrogens with one attached hydrogen (secondary N) is 1. The Morgan fingerprint density at radius 1 is 1.20 bits per heavy atom. The van der Waals surface area contributed by atoms with E-state index >= 15 is 0 Å². The van der Waals surface area contributed by atoms with Gasteiger partial charge in [0.2, 0.25) is 0 Å². The monoisotopic (exact) mass is 207 g/mol. The summed E-state index contributed by atoms with van der Waals surface area (Å²) in [7, 11) is 0. The number of hydrogen-bond donors (Lipinski definition) is 2. The fourth-order valence-corrected chi connectivity index (χ4v) is 1.36. The summed E-state index contributed by atoms with van der Waals surface area (Å²) in [5, 5.41) is 19.1. The summed E-state index contributed by atoms with van der Waals surface area (Å²) >= 11 is 0. The highest BCUT2D eigenvalue weighted by atomic mass is 16.5. The number of nitrogens with zero attached hydrogens (tertiary/aromatic N) is 2. The van der Waals surface area contributed by atoms with Gasteiger partial charge in [-0.2, -0.15) is 15.4 Å². The van der Waals surface area contributed by atoms with Gasteiger partial charge in [0.1, 0.15) is 11.3 Å². The molecule has 80 valence electrons. The van der Waals surface area contributed by atoms with E-state index in [4.69, 9.17) is 9.84 Å². The van der Waals surface area contributed by atoms with Crippen molar-refractivity contribution in [3.63, 3.8) is 0 Å². The summed E-state index contributed by atoms with van der Waals surface area (Å²) in [6.45, 7) is 2.00. The first-order valence-electron chi connectivity index (χ1n) is 4.94. The minimum absolute atomic E-state index is 0.159. The van der Waals surface area contributed by atoms with Crippen LogP contribution in [0.2, 0.25) is 0 Å². The third-order valence-corrected chi connectivity index (χ3v) is 2.15. The van der Waals surface area contributed by atoms with Crippen LogP contribution in [0.25, 0.3) is 11.0 Å². The lowest BCUT2D eigenvalue weighted by Crippen LogP contribution is -1.74. The van der Waals surface area contributed by atoms with E-state index < -0.39 is 0 Å². The van der Waals surface area contributed by atoms with Crippen molar-refractivity contribution in [2.24, 2.45) is 0 Å². The second kappa shape index (κ2) is 4.75. The molecule has 0 aliphatic carbocycles. The van der Waals surface area contributed by atoms with Gasteiger partial charge in [-0.3, -0.25) is 0 Å². The first-order chi connectivity index (χ1) is 7.38. The average Bonchev–Trinajstić information content (AvgIpc) is 2.93. The van der Waals surface area contributed by atoms with Crippen LogP contribution in [0.4, 0.5) is 0 Å². The standard InChI is InChI=1S/C6H5N3O.C4H8O/c10-5-3-1-2-4-6(5)8-9-7-4;1-2-4-5-3-1/h1-3,10H,(H,7,8,9);1-4H2. The smallest absolute Gasteiger partial charge is 0.154 e. The number of para-hydroxylation sites is 1. The van der Waals surface area contributed by atoms with E-state index in [-0.39, 0.29) is 5.75 Å². The van der Waals surface area contributed by atoms with E-state index in [1.54, 1.807) is 18.2 Å². The van der Waals surface area contributed by atoms with Gasteiger partial charge in [0.15, 0.2) is 5.52 Å². The van der Waals surface area contributed by atoms with Crippen molar-refractivity contribution in [1.82, 2.24) is 15.4 Å². The van der Waals surface area contributed by atoms with Gasteiger partial charge in [-0.1, -0.05) is 6.07 Å². The van der Waals surface area contributed by atoms with Crippen LogP contribution in [-0.2, 0) is 4.74 Å². The number of aromatic hydroxyl groups is 1. The van der Waals surface area contributed by atoms with Crippen LogP contribution in [-0.4, -0.2) is 33.7 Å². The number of benzene rings is 1. The highest BCUT2D eigenvalue weighted by Gasteiger charge is 2.00. The molecule has 1 fully saturated rings. The molecule has 0 saturated carbocycles. The van der Waals surface area contributed by atoms with Crippen LogP contribution < -0.4 is 0 Å². The topological polar surface area (TPSA) is 71.0 Å². The maximum atomic E-state index is 9.14. The molecule has 1 aliphatic rings. The average molecular weight is 207 g/mol. The van der Waals surface area contributed by atoms with Gasteiger partial charge in [0.05, 0.1) is 0 Å². The van der Waals surface area contributed by atoms with Gasteiger partial charge in [-0.05, 0) is 25.0 Å². The van der Waals surface area contributed by atoms with Crippen molar-refractivity contribution in [2.45, 2.75) is 12.8 Å². The van der Waals surface area contributed by atoms with Crippen molar-refractivity contribution in [1.29, 1.82) is 0 Å². The Hall–Kier alpha value is -1.62. The van der Waals surface area contributed by atoms with Crippen molar-refractivity contribution in [3.8, 4) is 5.75 Å². The maximum Gasteiger partial charge on any atom is 0.154 e. The summed E-state index contributed by atoms with van der Waals surface area (Å²) in [5.41, 5.74) is 1.20. The van der Waals surface area contributed by atoms with Gasteiger partial charge >= 0.3 is 0 Å². The Morgan fingerprint density at radius 2 is 2.00 bits per heavy atom. The van der Waals surface area contributed by atoms with Crippen LogP contribution in [0.15, 0.2) is 18.2 Å². The maximum absolute atomic E-state index is 9.14. The third kappa shape index (κ3) is 2.44. The molecule has 0 bridgehead atoms. The molecule has 15 heavy (non-hydrogen) atoms. The molecule has 5 heteroatoms. The lowest BCUT2D eigenvalue weighted by molar-refractivity contribution is 0.198. The Balaban J connectivity index is 0.000000144. The SMILES string of the molecule is C1CCOC1.Oc1cccc2n[nH]nc12. The normalized spacial score (nSPS) is 14.9. The van der Waals surface area contributed by atoms with E-state index in [0.29, 0.717) is 11.0 Å². The molecule has 0 spiro atoms. The summed E-state index contributed by atoms with van der Waals surface area (Å²) in [6, 6.07) is 5.07. The molecule has 0 radical (unpaired) electrons. The highest BCUT2D eigenvalue weighted by Crippen LogP contribution is 2.18. The lowest BCUT2D eigenvalue weighted by atomic mass is 10.3. The van der Waals surface area contributed by atoms with Gasteiger partial charge in [-0.15, -0.1) is 0 Å². The van der Waals surface area contributed by atoms with E-state index in [2.05, 4.69) is 15.4 Å². The molecule has 1 saturated heterocycles. The molecule has 0 amide bonds. The number of aromatic amines is 1. The number of phenolic OH excluding ortho intramolecular Hbond substituents is 1. The Bertz CT molecular complexity index is 416. The summed E-state index contributed by atoms with van der Waals surface area (Å²) in [6.07, 6.45) is 2.56. The van der Waals surface area contributed by atoms with Crippen LogP contribution in [0, 0.1) is 0 Å². The summed E-state index contributed by atoms with van der Waals surface area (Å²) in [4.78, 5) is 0. The first kappa shape index (κ1) is 9.92. The number of aromatic nitrogens is 3. The second-order valence-corrected chi connectivity index (χ2v) is 3.29. The van der Waals surface area contributed by atoms with Gasteiger partial charge in [0.25, 0.3) is 0 Å². The molecule has 1 aromatic carbocycles. The van der Waals surface area contributed by atoms with Gasteiger partial charge < -0.3 is 9.84 Å². The zero-order chi connectivity index (χ0) is 10.5. The fraction of sp³-hybridized carbons (Fsp3) is 0.400. The summed E-state index contributed by atoms with van der Waals surface area (Å²) < 4.78 is 4.94. The van der Waals surface area contributed by atoms with E-state index in [0.717, 1.165) is 13.2 Å². The Labute approximate surface area is 87.1 Å². The fourth-order valence-electron chi connectivity index (χ4n) is 1.36. The molecule has 5 nitrogen and oxygen atoms in total. The molecular formula is C10H13N3O2. The number of ether oxygens (including phenoxy) is 1. The number of rotatable bonds is 0. The second-order valence-electron chi connectivity index (χ2n) is 3.29. The predicted octanol–water partition coefficient (Wildman–Crippen LogP) is 1.46. The van der Waals surface area contributed by atoms with Crippen LogP contribution >= 0.6 is 0 Å². The first-order valence-corrected chi connectivity index (χ1v) is 4.94. The largest absolute Gasteiger partial charge is 0.506 e. The molecule has 2 N–H and O–H groups in total. The predicted molar refractivity (Wildman–Crippen MR) is 55.6 cm³/mol. The molecule has 0 atom stereocenters. The molecule has 1 aromatic heterocycles. The molecule has 0 unspecified atom stereocenters. The number of H-pyrrole nitrogens is 1. The van der Waals surface area contributed by atoms with E-state index in [1.807, 2.05) is 0 Å². The number of fused-ring (bicyclic) bond motifs is 1. The minimum atomic E-state index is 0.159. The van der Waals surface area contributed by atoms with Crippen molar-refractivity contribution < 1.29 is 9.84 Å². The molecular weight excluding hydrogens is 194 g/mol. The minimum Gasteiger partial charge on any atom is -0.506 e. The van der Waals surface area contributed by atoms with Gasteiger partial charge in [0, 0.05) is 13.2 Å². The Morgan fingerprint density at radius 3 is 2.60 bits per heavy atom. The van der Waals surface area contributed by atoms with Crippen LogP contribution in [0.3, 0.4) is 0 Å². The Kier molecular flexibility index (Phi) is 3.14. The van der Waals surface area contributed by atoms with Crippen LogP contribution in [0.1, 0.15) is 12.8 Å². The van der Waals surface area contributed by atoms with Crippen molar-refractivity contribution >= 4 is 11.0 Å². The van der Waals surface area contributed by atoms with Crippen LogP contribution in [0.5, 0.6) is 5.75 Å². The quantitative estimate of drug-likeness (QED) is 0.686. The van der Waals surface area contributed by atoms with E-state index in [1.165, 1.54) is 12.8 Å². The number of phenols is 1. The highest BCUT2D eigenvalue weighted by molar-refractivity contribution is 5.79. The molecule has 1 aliphatic heterocycles. The molecule has 3 rings (SSSR count).